The average molecular weight is 313 g/mol. The van der Waals surface area contributed by atoms with Gasteiger partial charge in [0.05, 0.1) is 23.2 Å². The number of rotatable bonds is 3. The Morgan fingerprint density at radius 1 is 1.14 bits per heavy atom. The van der Waals surface area contributed by atoms with Gasteiger partial charge in [-0.05, 0) is 36.4 Å². The van der Waals surface area contributed by atoms with Crippen molar-refractivity contribution in [3.8, 4) is 0 Å². The number of aromatic nitrogens is 1. The number of ether oxygens (including phenoxy) is 1. The predicted octanol–water partition coefficient (Wildman–Crippen LogP) is 4.42. The van der Waals surface area contributed by atoms with Crippen LogP contribution in [0.15, 0.2) is 54.7 Å². The number of nitrogens with one attached hydrogen (secondary N) is 1. The number of nitrogens with zero attached hydrogens (tertiary/aromatic N) is 1. The number of hydrogen-bond acceptors (Lipinski definition) is 4. The van der Waals surface area contributed by atoms with Gasteiger partial charge in [-0.2, -0.15) is 0 Å². The van der Waals surface area contributed by atoms with Crippen molar-refractivity contribution in [1.82, 2.24) is 4.98 Å². The van der Waals surface area contributed by atoms with Gasteiger partial charge in [-0.15, -0.1) is 0 Å². The lowest BCUT2D eigenvalue weighted by Gasteiger charge is -2.10. The number of methoxy groups -OCH3 is 1. The number of halogens is 1. The Bertz CT molecular complexity index is 832. The summed E-state index contributed by atoms with van der Waals surface area (Å²) in [6.45, 7) is 0. The van der Waals surface area contributed by atoms with Crippen molar-refractivity contribution in [1.29, 1.82) is 0 Å². The van der Waals surface area contributed by atoms with Gasteiger partial charge in [0, 0.05) is 23.0 Å². The van der Waals surface area contributed by atoms with Crippen molar-refractivity contribution in [3.05, 3.63) is 65.3 Å². The van der Waals surface area contributed by atoms with Crippen molar-refractivity contribution < 1.29 is 9.53 Å². The quantitative estimate of drug-likeness (QED) is 0.727. The van der Waals surface area contributed by atoms with Gasteiger partial charge in [-0.25, -0.2) is 4.79 Å². The van der Waals surface area contributed by atoms with Crippen LogP contribution in [0.1, 0.15) is 10.4 Å². The van der Waals surface area contributed by atoms with Crippen LogP contribution in [0.3, 0.4) is 0 Å². The molecule has 3 rings (SSSR count). The lowest BCUT2D eigenvalue weighted by molar-refractivity contribution is 0.0601. The van der Waals surface area contributed by atoms with Gasteiger partial charge >= 0.3 is 5.97 Å². The van der Waals surface area contributed by atoms with Gasteiger partial charge in [0.2, 0.25) is 0 Å². The molecule has 0 radical (unpaired) electrons. The maximum absolute atomic E-state index is 11.4. The zero-order chi connectivity index (χ0) is 15.5. The molecule has 0 aliphatic heterocycles. The maximum atomic E-state index is 11.4. The molecule has 0 saturated heterocycles. The number of anilines is 2. The van der Waals surface area contributed by atoms with Gasteiger partial charge in [0.25, 0.3) is 0 Å². The maximum Gasteiger partial charge on any atom is 0.337 e. The van der Waals surface area contributed by atoms with Crippen molar-refractivity contribution in [2.24, 2.45) is 0 Å². The standard InChI is InChI=1S/C17H13ClN2O2/c1-22-17(21)11-5-7-12(8-6-11)20-15-9-10-19-16-13(15)3-2-4-14(16)18/h2-10H,1H3,(H,19,20). The third-order valence-electron chi connectivity index (χ3n) is 3.31. The molecule has 2 aromatic carbocycles. The minimum atomic E-state index is -0.354. The van der Waals surface area contributed by atoms with E-state index in [1.54, 1.807) is 18.3 Å². The smallest absolute Gasteiger partial charge is 0.337 e. The normalized spacial score (nSPS) is 10.5. The molecule has 110 valence electrons. The number of esters is 1. The second-order valence-electron chi connectivity index (χ2n) is 4.69. The third-order valence-corrected chi connectivity index (χ3v) is 3.61. The van der Waals surface area contributed by atoms with Crippen LogP contribution in [-0.4, -0.2) is 18.1 Å². The number of hydrogen-bond donors (Lipinski definition) is 1. The molecule has 1 N–H and O–H groups in total. The number of carbonyl (C=O) groups is 1. The fourth-order valence-corrected chi connectivity index (χ4v) is 2.44. The van der Waals surface area contributed by atoms with E-state index in [9.17, 15) is 4.79 Å². The van der Waals surface area contributed by atoms with E-state index in [1.807, 2.05) is 36.4 Å². The average Bonchev–Trinajstić information content (AvgIpc) is 2.56. The molecule has 1 aromatic heterocycles. The van der Waals surface area contributed by atoms with Crippen LogP contribution in [-0.2, 0) is 4.74 Å². The zero-order valence-corrected chi connectivity index (χ0v) is 12.6. The predicted molar refractivity (Wildman–Crippen MR) is 87.8 cm³/mol. The number of fused-ring (bicyclic) bond motifs is 1. The molecule has 0 fully saturated rings. The molecule has 5 heteroatoms. The summed E-state index contributed by atoms with van der Waals surface area (Å²) >= 11 is 6.16. The van der Waals surface area contributed by atoms with Crippen LogP contribution >= 0.6 is 11.6 Å². The van der Waals surface area contributed by atoms with Crippen molar-refractivity contribution in [2.75, 3.05) is 12.4 Å². The summed E-state index contributed by atoms with van der Waals surface area (Å²) in [6.07, 6.45) is 1.71. The Kier molecular flexibility index (Phi) is 3.94. The first kappa shape index (κ1) is 14.4. The third kappa shape index (κ3) is 2.73. The first-order valence-electron chi connectivity index (χ1n) is 6.67. The summed E-state index contributed by atoms with van der Waals surface area (Å²) in [7, 11) is 1.36. The Balaban J connectivity index is 1.93. The number of benzene rings is 2. The summed E-state index contributed by atoms with van der Waals surface area (Å²) in [5, 5.41) is 4.86. The Labute approximate surface area is 132 Å². The number of pyridine rings is 1. The lowest BCUT2D eigenvalue weighted by atomic mass is 10.1. The van der Waals surface area contributed by atoms with E-state index in [-0.39, 0.29) is 5.97 Å². The van der Waals surface area contributed by atoms with E-state index in [0.29, 0.717) is 10.6 Å². The Morgan fingerprint density at radius 3 is 2.64 bits per heavy atom. The molecule has 22 heavy (non-hydrogen) atoms. The highest BCUT2D eigenvalue weighted by Crippen LogP contribution is 2.29. The molecule has 0 aliphatic rings. The van der Waals surface area contributed by atoms with Crippen LogP contribution in [0.4, 0.5) is 11.4 Å². The van der Waals surface area contributed by atoms with E-state index >= 15 is 0 Å². The van der Waals surface area contributed by atoms with Gasteiger partial charge < -0.3 is 10.1 Å². The molecule has 0 atom stereocenters. The van der Waals surface area contributed by atoms with Crippen molar-refractivity contribution in [2.45, 2.75) is 0 Å². The van der Waals surface area contributed by atoms with Gasteiger partial charge in [-0.1, -0.05) is 23.7 Å². The molecule has 0 saturated carbocycles. The Hall–Kier alpha value is -2.59. The highest BCUT2D eigenvalue weighted by atomic mass is 35.5. The molecular formula is C17H13ClN2O2. The molecule has 0 amide bonds. The molecule has 0 bridgehead atoms. The van der Waals surface area contributed by atoms with Gasteiger partial charge in [0.15, 0.2) is 0 Å². The van der Waals surface area contributed by atoms with Crippen molar-refractivity contribution >= 4 is 39.8 Å². The summed E-state index contributed by atoms with van der Waals surface area (Å²) in [5.74, 6) is -0.354. The SMILES string of the molecule is COC(=O)c1ccc(Nc2ccnc3c(Cl)cccc23)cc1. The van der Waals surface area contributed by atoms with Crippen LogP contribution in [0, 0.1) is 0 Å². The molecular weight excluding hydrogens is 300 g/mol. The van der Waals surface area contributed by atoms with Crippen LogP contribution in [0.25, 0.3) is 10.9 Å². The molecule has 0 unspecified atom stereocenters. The molecule has 1 heterocycles. The lowest BCUT2D eigenvalue weighted by Crippen LogP contribution is -2.01. The highest BCUT2D eigenvalue weighted by molar-refractivity contribution is 6.35. The highest BCUT2D eigenvalue weighted by Gasteiger charge is 2.07. The minimum Gasteiger partial charge on any atom is -0.465 e. The van der Waals surface area contributed by atoms with Crippen LogP contribution in [0.5, 0.6) is 0 Å². The van der Waals surface area contributed by atoms with E-state index in [4.69, 9.17) is 11.6 Å². The summed E-state index contributed by atoms with van der Waals surface area (Å²) < 4.78 is 4.68. The van der Waals surface area contributed by atoms with E-state index in [0.717, 1.165) is 22.3 Å². The Morgan fingerprint density at radius 2 is 1.91 bits per heavy atom. The number of carbonyl (C=O) groups excluding carboxylic acids is 1. The second-order valence-corrected chi connectivity index (χ2v) is 5.10. The topological polar surface area (TPSA) is 51.2 Å². The second kappa shape index (κ2) is 6.03. The van der Waals surface area contributed by atoms with Gasteiger partial charge in [0.1, 0.15) is 0 Å². The first-order valence-corrected chi connectivity index (χ1v) is 7.05. The summed E-state index contributed by atoms with van der Waals surface area (Å²) in [6, 6.07) is 14.6. The molecule has 4 nitrogen and oxygen atoms in total. The minimum absolute atomic E-state index is 0.354. The van der Waals surface area contributed by atoms with Crippen LogP contribution < -0.4 is 5.32 Å². The molecule has 0 aliphatic carbocycles. The summed E-state index contributed by atoms with van der Waals surface area (Å²) in [5.41, 5.74) is 3.02. The van der Waals surface area contributed by atoms with E-state index in [1.165, 1.54) is 7.11 Å². The zero-order valence-electron chi connectivity index (χ0n) is 11.8. The monoisotopic (exact) mass is 312 g/mol. The first-order chi connectivity index (χ1) is 10.7. The fraction of sp³-hybridized carbons (Fsp3) is 0.0588. The van der Waals surface area contributed by atoms with E-state index in [2.05, 4.69) is 15.0 Å². The van der Waals surface area contributed by atoms with Crippen LogP contribution in [0.2, 0.25) is 5.02 Å². The molecule has 0 spiro atoms. The fourth-order valence-electron chi connectivity index (χ4n) is 2.21. The molecule has 3 aromatic rings. The van der Waals surface area contributed by atoms with E-state index < -0.39 is 0 Å². The summed E-state index contributed by atoms with van der Waals surface area (Å²) in [4.78, 5) is 15.7. The number of para-hydroxylation sites is 1. The van der Waals surface area contributed by atoms with Crippen molar-refractivity contribution in [3.63, 3.8) is 0 Å². The largest absolute Gasteiger partial charge is 0.465 e. The van der Waals surface area contributed by atoms with Gasteiger partial charge in [-0.3, -0.25) is 4.98 Å².